The van der Waals surface area contributed by atoms with Crippen LogP contribution in [0.2, 0.25) is 0 Å². The highest BCUT2D eigenvalue weighted by molar-refractivity contribution is 5.89. The molecule has 0 aliphatic rings. The molecule has 9 nitrogen and oxygen atoms in total. The third-order valence-corrected chi connectivity index (χ3v) is 7.87. The molecule has 9 heteroatoms. The maximum absolute atomic E-state index is 12.2. The zero-order valence-corrected chi connectivity index (χ0v) is 28.2. The van der Waals surface area contributed by atoms with Crippen molar-refractivity contribution in [2.24, 2.45) is 5.92 Å². The molecule has 2 aromatic rings. The second kappa shape index (κ2) is 20.3. The van der Waals surface area contributed by atoms with Gasteiger partial charge in [0.15, 0.2) is 0 Å². The lowest BCUT2D eigenvalue weighted by Gasteiger charge is -2.25. The van der Waals surface area contributed by atoms with Crippen molar-refractivity contribution in [3.8, 4) is 16.9 Å². The first-order valence-corrected chi connectivity index (χ1v) is 16.6. The van der Waals surface area contributed by atoms with Gasteiger partial charge < -0.3 is 24.1 Å². The molecule has 2 rings (SSSR count). The normalized spacial score (nSPS) is 11.8. The number of carboxylic acids is 1. The van der Waals surface area contributed by atoms with E-state index >= 15 is 0 Å². The molecular formula is C37H52O9. The SMILES string of the molecule is CCC(C)Cc1cc(C(=O)O)ccc1-c1ccc(OCCCCCCCCCCCCOC(=O)C(C)(OC(C)=O)OC(C)=O)cc1. The average Bonchev–Trinajstić information content (AvgIpc) is 3.00. The van der Waals surface area contributed by atoms with Crippen LogP contribution in [0.15, 0.2) is 42.5 Å². The van der Waals surface area contributed by atoms with Gasteiger partial charge in [-0.3, -0.25) is 9.59 Å². The fourth-order valence-electron chi connectivity index (χ4n) is 5.18. The molecule has 0 aromatic heterocycles. The van der Waals surface area contributed by atoms with Crippen LogP contribution in [0.25, 0.3) is 11.1 Å². The summed E-state index contributed by atoms with van der Waals surface area (Å²) in [6.45, 7) is 8.64. The van der Waals surface area contributed by atoms with Gasteiger partial charge in [-0.25, -0.2) is 9.59 Å². The highest BCUT2D eigenvalue weighted by Crippen LogP contribution is 2.29. The molecule has 0 fully saturated rings. The van der Waals surface area contributed by atoms with Crippen molar-refractivity contribution < 1.29 is 43.2 Å². The van der Waals surface area contributed by atoms with E-state index in [4.69, 9.17) is 18.9 Å². The molecule has 2 aromatic carbocycles. The minimum Gasteiger partial charge on any atom is -0.494 e. The number of unbranched alkanes of at least 4 members (excludes halogenated alkanes) is 9. The number of benzene rings is 2. The lowest BCUT2D eigenvalue weighted by molar-refractivity contribution is -0.232. The molecule has 0 aliphatic heterocycles. The van der Waals surface area contributed by atoms with Gasteiger partial charge in [-0.05, 0) is 66.1 Å². The van der Waals surface area contributed by atoms with Crippen molar-refractivity contribution in [1.82, 2.24) is 0 Å². The van der Waals surface area contributed by atoms with Crippen LogP contribution in [-0.4, -0.2) is 48.0 Å². The van der Waals surface area contributed by atoms with Gasteiger partial charge >= 0.3 is 29.7 Å². The second-order valence-corrected chi connectivity index (χ2v) is 12.1. The van der Waals surface area contributed by atoms with Crippen LogP contribution in [0.1, 0.15) is 121 Å². The number of ether oxygens (including phenoxy) is 4. The number of aromatic carboxylic acids is 1. The van der Waals surface area contributed by atoms with E-state index in [9.17, 15) is 24.3 Å². The van der Waals surface area contributed by atoms with Crippen LogP contribution in [-0.2, 0) is 35.0 Å². The Labute approximate surface area is 274 Å². The van der Waals surface area contributed by atoms with Crippen molar-refractivity contribution in [3.05, 3.63) is 53.6 Å². The molecule has 0 spiro atoms. The second-order valence-electron chi connectivity index (χ2n) is 12.1. The van der Waals surface area contributed by atoms with Crippen molar-refractivity contribution in [2.45, 2.75) is 117 Å². The molecule has 0 radical (unpaired) electrons. The molecule has 0 heterocycles. The minimum absolute atomic E-state index is 0.171. The van der Waals surface area contributed by atoms with E-state index in [0.717, 1.165) is 87.7 Å². The van der Waals surface area contributed by atoms with Crippen molar-refractivity contribution in [2.75, 3.05) is 13.2 Å². The molecule has 254 valence electrons. The van der Waals surface area contributed by atoms with Gasteiger partial charge in [-0.1, -0.05) is 89.8 Å². The first-order chi connectivity index (χ1) is 21.9. The predicted octanol–water partition coefficient (Wildman–Crippen LogP) is 8.31. The van der Waals surface area contributed by atoms with Gasteiger partial charge in [-0.2, -0.15) is 0 Å². The van der Waals surface area contributed by atoms with E-state index in [0.29, 0.717) is 24.5 Å². The summed E-state index contributed by atoms with van der Waals surface area (Å²) in [5.74, 6) is -4.04. The number of hydrogen-bond acceptors (Lipinski definition) is 8. The molecule has 0 aliphatic carbocycles. The maximum atomic E-state index is 12.2. The lowest BCUT2D eigenvalue weighted by Crippen LogP contribution is -2.45. The molecule has 0 bridgehead atoms. The van der Waals surface area contributed by atoms with Crippen molar-refractivity contribution >= 4 is 23.9 Å². The average molecular weight is 641 g/mol. The maximum Gasteiger partial charge on any atom is 0.392 e. The van der Waals surface area contributed by atoms with E-state index in [-0.39, 0.29) is 6.61 Å². The molecule has 0 amide bonds. The number of rotatable bonds is 22. The molecule has 46 heavy (non-hydrogen) atoms. The largest absolute Gasteiger partial charge is 0.494 e. The summed E-state index contributed by atoms with van der Waals surface area (Å²) in [5.41, 5.74) is 3.51. The Morgan fingerprint density at radius 1 is 0.761 bits per heavy atom. The lowest BCUT2D eigenvalue weighted by atomic mass is 9.90. The summed E-state index contributed by atoms with van der Waals surface area (Å²) in [7, 11) is 0. The van der Waals surface area contributed by atoms with Crippen LogP contribution < -0.4 is 4.74 Å². The molecular weight excluding hydrogens is 588 g/mol. The Hall–Kier alpha value is -3.88. The van der Waals surface area contributed by atoms with Gasteiger partial charge in [0.1, 0.15) is 5.75 Å². The van der Waals surface area contributed by atoms with Crippen LogP contribution in [0.5, 0.6) is 5.75 Å². The molecule has 1 unspecified atom stereocenters. The number of hydrogen-bond donors (Lipinski definition) is 1. The van der Waals surface area contributed by atoms with Crippen LogP contribution in [0.4, 0.5) is 0 Å². The Bertz CT molecular complexity index is 1240. The quantitative estimate of drug-likeness (QED) is 0.0768. The first-order valence-electron chi connectivity index (χ1n) is 16.6. The third kappa shape index (κ3) is 14.0. The summed E-state index contributed by atoms with van der Waals surface area (Å²) >= 11 is 0. The Kier molecular flexibility index (Phi) is 16.9. The van der Waals surface area contributed by atoms with E-state index < -0.39 is 29.7 Å². The Morgan fingerprint density at radius 3 is 1.78 bits per heavy atom. The zero-order valence-electron chi connectivity index (χ0n) is 28.2. The monoisotopic (exact) mass is 640 g/mol. The molecule has 0 saturated heterocycles. The van der Waals surface area contributed by atoms with Gasteiger partial charge in [0, 0.05) is 20.8 Å². The van der Waals surface area contributed by atoms with Crippen LogP contribution in [0.3, 0.4) is 0 Å². The smallest absolute Gasteiger partial charge is 0.392 e. The first kappa shape index (κ1) is 38.3. The number of carboxylic acid groups (broad SMARTS) is 1. The van der Waals surface area contributed by atoms with E-state index in [1.165, 1.54) is 26.2 Å². The van der Waals surface area contributed by atoms with Gasteiger partial charge in [0.2, 0.25) is 0 Å². The fourth-order valence-corrected chi connectivity index (χ4v) is 5.18. The van der Waals surface area contributed by atoms with Gasteiger partial charge in [0.05, 0.1) is 18.8 Å². The zero-order chi connectivity index (χ0) is 34.0. The minimum atomic E-state index is -2.06. The Morgan fingerprint density at radius 2 is 1.28 bits per heavy atom. The molecule has 1 atom stereocenters. The van der Waals surface area contributed by atoms with E-state index in [1.54, 1.807) is 12.1 Å². The van der Waals surface area contributed by atoms with Gasteiger partial charge in [-0.15, -0.1) is 0 Å². The number of carbonyl (C=O) groups is 4. The highest BCUT2D eigenvalue weighted by atomic mass is 16.8. The standard InChI is InChI=1S/C37H52O9/c1-6-27(2)25-32-26-31(35(40)41)19-22-34(32)30-17-20-33(21-18-30)43-23-15-13-11-9-7-8-10-12-14-16-24-44-36(42)37(5,45-28(3)38)46-29(4)39/h17-22,26-27H,6-16,23-25H2,1-5H3,(H,40,41). The predicted molar refractivity (Wildman–Crippen MR) is 177 cm³/mol. The molecule has 0 saturated carbocycles. The highest BCUT2D eigenvalue weighted by Gasteiger charge is 2.42. The van der Waals surface area contributed by atoms with Crippen LogP contribution in [0, 0.1) is 5.92 Å². The summed E-state index contributed by atoms with van der Waals surface area (Å²) in [6.07, 6.45) is 12.5. The summed E-state index contributed by atoms with van der Waals surface area (Å²) in [6, 6.07) is 13.5. The summed E-state index contributed by atoms with van der Waals surface area (Å²) in [5, 5.41) is 9.43. The van der Waals surface area contributed by atoms with E-state index in [1.807, 2.05) is 30.3 Å². The van der Waals surface area contributed by atoms with Crippen LogP contribution >= 0.6 is 0 Å². The van der Waals surface area contributed by atoms with Crippen molar-refractivity contribution in [1.29, 1.82) is 0 Å². The third-order valence-electron chi connectivity index (χ3n) is 7.87. The van der Waals surface area contributed by atoms with E-state index in [2.05, 4.69) is 13.8 Å². The van der Waals surface area contributed by atoms with Gasteiger partial charge in [0.25, 0.3) is 0 Å². The fraction of sp³-hybridized carbons (Fsp3) is 0.568. The number of esters is 3. The van der Waals surface area contributed by atoms with Crippen molar-refractivity contribution in [3.63, 3.8) is 0 Å². The summed E-state index contributed by atoms with van der Waals surface area (Å²) < 4.78 is 20.8. The topological polar surface area (TPSA) is 125 Å². The molecule has 1 N–H and O–H groups in total. The Balaban J connectivity index is 1.57. The summed E-state index contributed by atoms with van der Waals surface area (Å²) in [4.78, 5) is 46.2. The number of carbonyl (C=O) groups excluding carboxylic acids is 3.